The van der Waals surface area contributed by atoms with E-state index in [4.69, 9.17) is 5.11 Å². The third-order valence-electron chi connectivity index (χ3n) is 8.64. The maximum absolute atomic E-state index is 12.3. The van der Waals surface area contributed by atoms with Crippen LogP contribution in [0.4, 0.5) is 0 Å². The van der Waals surface area contributed by atoms with Crippen molar-refractivity contribution >= 4 is 5.78 Å². The van der Waals surface area contributed by atoms with E-state index in [1.165, 1.54) is 11.1 Å². The van der Waals surface area contributed by atoms with Gasteiger partial charge in [-0.05, 0) is 103 Å². The van der Waals surface area contributed by atoms with Gasteiger partial charge >= 0.3 is 0 Å². The van der Waals surface area contributed by atoms with E-state index in [9.17, 15) is 9.90 Å². The smallest absolute Gasteiger partial charge is 0.136 e. The van der Waals surface area contributed by atoms with Crippen molar-refractivity contribution in [1.29, 1.82) is 0 Å². The van der Waals surface area contributed by atoms with Crippen molar-refractivity contribution in [1.82, 2.24) is 0 Å². The Bertz CT molecular complexity index is 727. The summed E-state index contributed by atoms with van der Waals surface area (Å²) in [6, 6.07) is 0. The van der Waals surface area contributed by atoms with Crippen molar-refractivity contribution in [3.05, 3.63) is 34.9 Å². The fourth-order valence-corrected chi connectivity index (χ4v) is 6.44. The average molecular weight is 445 g/mol. The first-order chi connectivity index (χ1) is 15.0. The van der Waals surface area contributed by atoms with Crippen LogP contribution in [-0.4, -0.2) is 28.2 Å². The van der Waals surface area contributed by atoms with E-state index in [0.29, 0.717) is 18.1 Å². The first-order valence-corrected chi connectivity index (χ1v) is 12.8. The maximum Gasteiger partial charge on any atom is 0.136 e. The van der Waals surface area contributed by atoms with Crippen LogP contribution in [0.25, 0.3) is 0 Å². The molecule has 2 saturated carbocycles. The molecule has 3 nitrogen and oxygen atoms in total. The molecule has 0 aromatic rings. The number of carbonyl (C=O) groups is 1. The Morgan fingerprint density at radius 2 is 1.53 bits per heavy atom. The minimum atomic E-state index is -0.629. The molecule has 2 aliphatic carbocycles. The summed E-state index contributed by atoms with van der Waals surface area (Å²) in [5.41, 5.74) is 3.32. The average Bonchev–Trinajstić information content (AvgIpc) is 2.73. The van der Waals surface area contributed by atoms with E-state index >= 15 is 0 Å². The summed E-state index contributed by atoms with van der Waals surface area (Å²) in [5.74, 6) is 1.24. The molecule has 0 amide bonds. The molecule has 2 rings (SSSR count). The lowest BCUT2D eigenvalue weighted by molar-refractivity contribution is -0.162. The van der Waals surface area contributed by atoms with Crippen LogP contribution >= 0.6 is 0 Å². The van der Waals surface area contributed by atoms with E-state index in [-0.39, 0.29) is 23.9 Å². The number of fused-ring (bicyclic) bond motifs is 1. The number of rotatable bonds is 10. The lowest BCUT2D eigenvalue weighted by Crippen LogP contribution is -2.56. The lowest BCUT2D eigenvalue weighted by atomic mass is 9.48. The summed E-state index contributed by atoms with van der Waals surface area (Å²) in [4.78, 5) is 12.3. The molecule has 0 radical (unpaired) electrons. The molecular formula is C29H48O3. The molecule has 0 heterocycles. The monoisotopic (exact) mass is 444 g/mol. The Hall–Kier alpha value is -1.19. The van der Waals surface area contributed by atoms with Gasteiger partial charge < -0.3 is 10.2 Å². The predicted octanol–water partition coefficient (Wildman–Crippen LogP) is 6.94. The predicted molar refractivity (Wildman–Crippen MR) is 134 cm³/mol. The van der Waals surface area contributed by atoms with Gasteiger partial charge in [0.25, 0.3) is 0 Å². The quantitative estimate of drug-likeness (QED) is 0.359. The second-order valence-electron chi connectivity index (χ2n) is 11.3. The molecule has 0 spiro atoms. The van der Waals surface area contributed by atoms with E-state index in [1.807, 2.05) is 13.8 Å². The Labute approximate surface area is 197 Å². The number of hydrogen-bond donors (Lipinski definition) is 2. The fourth-order valence-electron chi connectivity index (χ4n) is 6.44. The van der Waals surface area contributed by atoms with Crippen molar-refractivity contribution in [2.45, 2.75) is 111 Å². The number of ketones is 1. The molecule has 5 atom stereocenters. The summed E-state index contributed by atoms with van der Waals surface area (Å²) in [6.45, 7) is 13.0. The SMILES string of the molecule is C/C(=C\CC/C(C)=C/CC/C(C)=C/CC[C@@H]1[C@@]2(C)CCC(=O)[C@H](C)[C@@H]2CC[C@@]1(C)O)CO. The zero-order valence-electron chi connectivity index (χ0n) is 21.5. The number of aliphatic hydroxyl groups excluding tert-OH is 1. The first kappa shape index (κ1) is 27.1. The molecule has 0 aliphatic heterocycles. The largest absolute Gasteiger partial charge is 0.392 e. The number of carbonyl (C=O) groups excluding carboxylic acids is 1. The topological polar surface area (TPSA) is 57.5 Å². The van der Waals surface area contributed by atoms with Gasteiger partial charge in [0.1, 0.15) is 5.78 Å². The number of Topliss-reactive ketones (excluding diaryl/α,β-unsaturated/α-hetero) is 1. The maximum atomic E-state index is 12.3. The molecule has 2 N–H and O–H groups in total. The highest BCUT2D eigenvalue weighted by Crippen LogP contribution is 2.58. The highest BCUT2D eigenvalue weighted by atomic mass is 16.3. The van der Waals surface area contributed by atoms with Crippen molar-refractivity contribution in [3.63, 3.8) is 0 Å². The zero-order chi connectivity index (χ0) is 23.9. The van der Waals surface area contributed by atoms with Crippen LogP contribution in [0, 0.1) is 23.2 Å². The number of allylic oxidation sites excluding steroid dienone is 5. The summed E-state index contributed by atoms with van der Waals surface area (Å²) in [5, 5.41) is 20.3. The summed E-state index contributed by atoms with van der Waals surface area (Å²) < 4.78 is 0. The molecule has 0 bridgehead atoms. The highest BCUT2D eigenvalue weighted by Gasteiger charge is 2.56. The van der Waals surface area contributed by atoms with Gasteiger partial charge in [-0.15, -0.1) is 0 Å². The Kier molecular flexibility index (Phi) is 9.97. The fraction of sp³-hybridized carbons (Fsp3) is 0.759. The molecular weight excluding hydrogens is 396 g/mol. The van der Waals surface area contributed by atoms with E-state index in [2.05, 4.69) is 45.9 Å². The van der Waals surface area contributed by atoms with Crippen LogP contribution < -0.4 is 0 Å². The van der Waals surface area contributed by atoms with Gasteiger partial charge in [0.05, 0.1) is 12.2 Å². The van der Waals surface area contributed by atoms with E-state index < -0.39 is 5.60 Å². The van der Waals surface area contributed by atoms with Crippen molar-refractivity contribution < 1.29 is 15.0 Å². The molecule has 3 heteroatoms. The standard InChI is InChI=1S/C29H48O3/c1-21(12-8-14-23(3)20-30)10-7-11-22(2)13-9-15-27-28(5)18-17-26(31)24(4)25(28)16-19-29(27,6)32/h10,13-14,24-25,27,30,32H,7-9,11-12,15-20H2,1-6H3/b21-10+,22-13+,23-14+/t24-,25+,27-,28+,29-/m1/s1. The van der Waals surface area contributed by atoms with Crippen molar-refractivity contribution in [3.8, 4) is 0 Å². The van der Waals surface area contributed by atoms with Crippen molar-refractivity contribution in [2.75, 3.05) is 6.61 Å². The molecule has 32 heavy (non-hydrogen) atoms. The Morgan fingerprint density at radius 3 is 2.12 bits per heavy atom. The lowest BCUT2D eigenvalue weighted by Gasteiger charge is -2.57. The van der Waals surface area contributed by atoms with Gasteiger partial charge in [-0.2, -0.15) is 0 Å². The van der Waals surface area contributed by atoms with Crippen molar-refractivity contribution in [2.24, 2.45) is 23.2 Å². The number of hydrogen-bond acceptors (Lipinski definition) is 3. The molecule has 2 aliphatic rings. The van der Waals surface area contributed by atoms with Gasteiger partial charge in [0.2, 0.25) is 0 Å². The van der Waals surface area contributed by atoms with Crippen LogP contribution in [0.2, 0.25) is 0 Å². The summed E-state index contributed by atoms with van der Waals surface area (Å²) >= 11 is 0. The molecule has 182 valence electrons. The minimum absolute atomic E-state index is 0.0689. The van der Waals surface area contributed by atoms with E-state index in [1.54, 1.807) is 0 Å². The van der Waals surface area contributed by atoms with Crippen LogP contribution in [0.15, 0.2) is 34.9 Å². The van der Waals surface area contributed by atoms with Gasteiger partial charge in [-0.1, -0.05) is 48.8 Å². The van der Waals surface area contributed by atoms with Crippen LogP contribution in [0.3, 0.4) is 0 Å². The van der Waals surface area contributed by atoms with Crippen LogP contribution in [-0.2, 0) is 4.79 Å². The second-order valence-corrected chi connectivity index (χ2v) is 11.3. The molecule has 0 aromatic heterocycles. The normalized spacial score (nSPS) is 34.6. The molecule has 0 saturated heterocycles. The molecule has 2 fully saturated rings. The van der Waals surface area contributed by atoms with Gasteiger partial charge in [0, 0.05) is 12.3 Å². The number of aliphatic hydroxyl groups is 2. The summed E-state index contributed by atoms with van der Waals surface area (Å²) in [7, 11) is 0. The van der Waals surface area contributed by atoms with E-state index in [0.717, 1.165) is 63.4 Å². The second kappa shape index (κ2) is 11.8. The minimum Gasteiger partial charge on any atom is -0.392 e. The highest BCUT2D eigenvalue weighted by molar-refractivity contribution is 5.82. The Morgan fingerprint density at radius 1 is 0.969 bits per heavy atom. The Balaban J connectivity index is 1.88. The third kappa shape index (κ3) is 6.90. The van der Waals surface area contributed by atoms with Gasteiger partial charge in [-0.3, -0.25) is 4.79 Å². The molecule has 0 aromatic carbocycles. The zero-order valence-corrected chi connectivity index (χ0v) is 21.5. The van der Waals surface area contributed by atoms with Gasteiger partial charge in [-0.25, -0.2) is 0 Å². The van der Waals surface area contributed by atoms with Crippen LogP contribution in [0.5, 0.6) is 0 Å². The summed E-state index contributed by atoms with van der Waals surface area (Å²) in [6.07, 6.45) is 16.4. The molecule has 0 unspecified atom stereocenters. The van der Waals surface area contributed by atoms with Gasteiger partial charge in [0.15, 0.2) is 0 Å². The first-order valence-electron chi connectivity index (χ1n) is 12.8. The third-order valence-corrected chi connectivity index (χ3v) is 8.64. The van der Waals surface area contributed by atoms with Crippen LogP contribution in [0.1, 0.15) is 106 Å².